The summed E-state index contributed by atoms with van der Waals surface area (Å²) in [5, 5.41) is 11.4. The van der Waals surface area contributed by atoms with Crippen LogP contribution >= 0.6 is 0 Å². The highest BCUT2D eigenvalue weighted by molar-refractivity contribution is 5.82. The van der Waals surface area contributed by atoms with Gasteiger partial charge in [-0.25, -0.2) is 4.98 Å². The van der Waals surface area contributed by atoms with E-state index in [4.69, 9.17) is 10.9 Å². The predicted octanol–water partition coefficient (Wildman–Crippen LogP) is 0.932. The maximum absolute atomic E-state index is 8.46. The van der Waals surface area contributed by atoms with Crippen molar-refractivity contribution in [1.82, 2.24) is 9.38 Å². The lowest BCUT2D eigenvalue weighted by Crippen LogP contribution is -2.14. The highest BCUT2D eigenvalue weighted by Gasteiger charge is 2.02. The van der Waals surface area contributed by atoms with Crippen molar-refractivity contribution < 1.29 is 5.21 Å². The first-order valence-corrected chi connectivity index (χ1v) is 4.59. The van der Waals surface area contributed by atoms with E-state index in [0.29, 0.717) is 6.42 Å². The molecule has 0 bridgehead atoms. The normalized spacial score (nSPS) is 12.2. The lowest BCUT2D eigenvalue weighted by molar-refractivity contribution is 0.317. The first kappa shape index (κ1) is 9.51. The summed E-state index contributed by atoms with van der Waals surface area (Å²) in [6, 6.07) is 3.92. The van der Waals surface area contributed by atoms with Crippen molar-refractivity contribution in [3.63, 3.8) is 0 Å². The van der Waals surface area contributed by atoms with Crippen LogP contribution in [0.4, 0.5) is 0 Å². The molecule has 2 aromatic rings. The zero-order valence-corrected chi connectivity index (χ0v) is 8.38. The largest absolute Gasteiger partial charge is 0.409 e. The van der Waals surface area contributed by atoms with Crippen LogP contribution in [0.15, 0.2) is 29.8 Å². The number of pyridine rings is 1. The summed E-state index contributed by atoms with van der Waals surface area (Å²) < 4.78 is 1.93. The Labute approximate surface area is 86.8 Å². The third-order valence-electron chi connectivity index (χ3n) is 2.30. The van der Waals surface area contributed by atoms with Crippen molar-refractivity contribution in [1.29, 1.82) is 0 Å². The van der Waals surface area contributed by atoms with Crippen molar-refractivity contribution in [3.05, 3.63) is 35.9 Å². The summed E-state index contributed by atoms with van der Waals surface area (Å²) in [5.41, 5.74) is 8.47. The monoisotopic (exact) mass is 204 g/mol. The van der Waals surface area contributed by atoms with Gasteiger partial charge in [0.25, 0.3) is 0 Å². The van der Waals surface area contributed by atoms with Crippen LogP contribution in [-0.2, 0) is 6.42 Å². The molecule has 0 fully saturated rings. The zero-order chi connectivity index (χ0) is 10.8. The van der Waals surface area contributed by atoms with E-state index in [2.05, 4.69) is 10.1 Å². The molecule has 2 rings (SSSR count). The van der Waals surface area contributed by atoms with Crippen molar-refractivity contribution in [3.8, 4) is 0 Å². The van der Waals surface area contributed by atoms with Crippen LogP contribution < -0.4 is 5.73 Å². The highest BCUT2D eigenvalue weighted by Crippen LogP contribution is 2.10. The summed E-state index contributed by atoms with van der Waals surface area (Å²) in [7, 11) is 0. The standard InChI is InChI=1S/C10H12N4O/c1-7-9-3-2-8(4-10(11)13-15)5-14(9)6-12-7/h2-3,5-6,15H,4H2,1H3,(H2,11,13). The van der Waals surface area contributed by atoms with Crippen LogP contribution in [0.25, 0.3) is 5.52 Å². The van der Waals surface area contributed by atoms with Crippen LogP contribution in [0.5, 0.6) is 0 Å². The van der Waals surface area contributed by atoms with E-state index < -0.39 is 0 Å². The molecule has 2 heterocycles. The van der Waals surface area contributed by atoms with Crippen molar-refractivity contribution in [2.45, 2.75) is 13.3 Å². The maximum Gasteiger partial charge on any atom is 0.143 e. The minimum Gasteiger partial charge on any atom is -0.409 e. The number of nitrogens with zero attached hydrogens (tertiary/aromatic N) is 3. The van der Waals surface area contributed by atoms with Gasteiger partial charge in [0.15, 0.2) is 0 Å². The molecular formula is C10H12N4O. The van der Waals surface area contributed by atoms with Crippen LogP contribution in [-0.4, -0.2) is 20.4 Å². The number of aryl methyl sites for hydroxylation is 1. The molecule has 0 amide bonds. The molecule has 0 unspecified atom stereocenters. The smallest absolute Gasteiger partial charge is 0.143 e. The first-order valence-electron chi connectivity index (χ1n) is 4.59. The third-order valence-corrected chi connectivity index (χ3v) is 2.30. The molecule has 78 valence electrons. The molecule has 0 radical (unpaired) electrons. The Balaban J connectivity index is 2.39. The Kier molecular flexibility index (Phi) is 2.29. The van der Waals surface area contributed by atoms with Gasteiger partial charge in [-0.05, 0) is 18.6 Å². The minimum atomic E-state index is 0.200. The fourth-order valence-electron chi connectivity index (χ4n) is 1.53. The van der Waals surface area contributed by atoms with Crippen molar-refractivity contribution >= 4 is 11.4 Å². The van der Waals surface area contributed by atoms with Crippen LogP contribution in [0, 0.1) is 6.92 Å². The van der Waals surface area contributed by atoms with Crippen molar-refractivity contribution in [2.24, 2.45) is 10.9 Å². The van der Waals surface area contributed by atoms with Gasteiger partial charge >= 0.3 is 0 Å². The summed E-state index contributed by atoms with van der Waals surface area (Å²) >= 11 is 0. The summed E-state index contributed by atoms with van der Waals surface area (Å²) in [4.78, 5) is 4.19. The SMILES string of the molecule is Cc1ncn2cc(C/C(N)=N/O)ccc12. The molecule has 0 aliphatic heterocycles. The molecule has 0 saturated carbocycles. The van der Waals surface area contributed by atoms with Gasteiger partial charge in [-0.3, -0.25) is 0 Å². The fourth-order valence-corrected chi connectivity index (χ4v) is 1.53. The molecule has 0 saturated heterocycles. The van der Waals surface area contributed by atoms with Crippen LogP contribution in [0.2, 0.25) is 0 Å². The van der Waals surface area contributed by atoms with E-state index in [1.807, 2.05) is 29.7 Å². The van der Waals surface area contributed by atoms with Gasteiger partial charge in [-0.15, -0.1) is 0 Å². The number of amidine groups is 1. The quantitative estimate of drug-likeness (QED) is 0.331. The number of oxime groups is 1. The molecule has 0 spiro atoms. The van der Waals surface area contributed by atoms with E-state index >= 15 is 0 Å². The Morgan fingerprint density at radius 1 is 1.60 bits per heavy atom. The van der Waals surface area contributed by atoms with Crippen LogP contribution in [0.1, 0.15) is 11.3 Å². The second-order valence-electron chi connectivity index (χ2n) is 3.43. The summed E-state index contributed by atoms with van der Waals surface area (Å²) in [6.07, 6.45) is 4.11. The molecule has 3 N–H and O–H groups in total. The van der Waals surface area contributed by atoms with E-state index in [0.717, 1.165) is 16.8 Å². The number of fused-ring (bicyclic) bond motifs is 1. The van der Waals surface area contributed by atoms with Gasteiger partial charge < -0.3 is 15.3 Å². The molecule has 15 heavy (non-hydrogen) atoms. The topological polar surface area (TPSA) is 75.9 Å². The average Bonchev–Trinajstić information content (AvgIpc) is 2.60. The van der Waals surface area contributed by atoms with Gasteiger partial charge in [0.1, 0.15) is 5.84 Å². The molecule has 2 aromatic heterocycles. The molecule has 0 aliphatic carbocycles. The number of aromatic nitrogens is 2. The predicted molar refractivity (Wildman–Crippen MR) is 57.0 cm³/mol. The zero-order valence-electron chi connectivity index (χ0n) is 8.38. The lowest BCUT2D eigenvalue weighted by Gasteiger charge is -2.01. The number of hydrogen-bond acceptors (Lipinski definition) is 3. The lowest BCUT2D eigenvalue weighted by atomic mass is 10.2. The van der Waals surface area contributed by atoms with Gasteiger partial charge in [0, 0.05) is 12.6 Å². The molecule has 0 aromatic carbocycles. The molecule has 0 aliphatic rings. The molecular weight excluding hydrogens is 192 g/mol. The Hall–Kier alpha value is -2.04. The van der Waals surface area contributed by atoms with E-state index in [1.165, 1.54) is 0 Å². The third kappa shape index (κ3) is 1.76. The maximum atomic E-state index is 8.46. The van der Waals surface area contributed by atoms with Crippen molar-refractivity contribution in [2.75, 3.05) is 0 Å². The Morgan fingerprint density at radius 3 is 3.13 bits per heavy atom. The van der Waals surface area contributed by atoms with Gasteiger partial charge in [0.2, 0.25) is 0 Å². The Morgan fingerprint density at radius 2 is 2.40 bits per heavy atom. The summed E-state index contributed by atoms with van der Waals surface area (Å²) in [5.74, 6) is 0.200. The van der Waals surface area contributed by atoms with Crippen LogP contribution in [0.3, 0.4) is 0 Å². The van der Waals surface area contributed by atoms with E-state index in [1.54, 1.807) is 6.33 Å². The number of rotatable bonds is 2. The number of hydrogen-bond donors (Lipinski definition) is 2. The Bertz CT molecular complexity index is 515. The minimum absolute atomic E-state index is 0.200. The first-order chi connectivity index (χ1) is 7.20. The highest BCUT2D eigenvalue weighted by atomic mass is 16.4. The number of imidazole rings is 1. The molecule has 0 atom stereocenters. The molecule has 5 heteroatoms. The fraction of sp³-hybridized carbons (Fsp3) is 0.200. The summed E-state index contributed by atoms with van der Waals surface area (Å²) in [6.45, 7) is 1.96. The average molecular weight is 204 g/mol. The second kappa shape index (κ2) is 3.61. The van der Waals surface area contributed by atoms with E-state index in [-0.39, 0.29) is 5.84 Å². The number of nitrogens with two attached hydrogens (primary N) is 1. The van der Waals surface area contributed by atoms with Gasteiger partial charge in [-0.1, -0.05) is 11.2 Å². The van der Waals surface area contributed by atoms with Gasteiger partial charge in [-0.2, -0.15) is 0 Å². The molecule has 5 nitrogen and oxygen atoms in total. The van der Waals surface area contributed by atoms with E-state index in [9.17, 15) is 0 Å². The van der Waals surface area contributed by atoms with Gasteiger partial charge in [0.05, 0.1) is 17.5 Å². The second-order valence-corrected chi connectivity index (χ2v) is 3.43.